The summed E-state index contributed by atoms with van der Waals surface area (Å²) in [5, 5.41) is 15.0. The van der Waals surface area contributed by atoms with Gasteiger partial charge in [-0.15, -0.1) is 0 Å². The van der Waals surface area contributed by atoms with E-state index in [1.165, 1.54) is 11.8 Å². The number of carbonyl (C=O) groups is 1. The van der Waals surface area contributed by atoms with Gasteiger partial charge in [-0.25, -0.2) is 9.99 Å². The molecule has 1 aromatic carbocycles. The van der Waals surface area contributed by atoms with Crippen LogP contribution in [0.2, 0.25) is 0 Å². The molecule has 1 aliphatic heterocycles. The van der Waals surface area contributed by atoms with Gasteiger partial charge in [-0.05, 0) is 37.8 Å². The Kier molecular flexibility index (Phi) is 3.95. The van der Waals surface area contributed by atoms with Gasteiger partial charge in [0.1, 0.15) is 6.07 Å². The Balaban J connectivity index is 1.21. The van der Waals surface area contributed by atoms with Crippen molar-refractivity contribution in [1.82, 2.24) is 9.99 Å². The first-order chi connectivity index (χ1) is 14.0. The minimum atomic E-state index is -0.273. The molecular weight excluding hydrogens is 364 g/mol. The molecule has 29 heavy (non-hydrogen) atoms. The van der Waals surface area contributed by atoms with E-state index in [4.69, 9.17) is 10.00 Å². The number of hydrogen-bond acceptors (Lipinski definition) is 5. The number of benzene rings is 1. The Morgan fingerprint density at radius 1 is 1.31 bits per heavy atom. The summed E-state index contributed by atoms with van der Waals surface area (Å²) >= 11 is 0. The van der Waals surface area contributed by atoms with Crippen LogP contribution < -0.4 is 4.74 Å². The van der Waals surface area contributed by atoms with Crippen LogP contribution in [-0.2, 0) is 4.79 Å². The third-order valence-corrected chi connectivity index (χ3v) is 6.45. The molecule has 0 N–H and O–H groups in total. The number of aryl methyl sites for hydroxylation is 1. The third-order valence-electron chi connectivity index (χ3n) is 6.45. The van der Waals surface area contributed by atoms with Gasteiger partial charge in [-0.3, -0.25) is 4.79 Å². The Bertz CT molecular complexity index is 1020. The molecule has 6 rings (SSSR count). The second kappa shape index (κ2) is 6.41. The molecule has 0 saturated heterocycles. The SMILES string of the molecule is Cc1cccc(C2CC=NN2C(=O)C23CC(COc4ccc(C#N)cn4)(C2)C3)c1. The average Bonchev–Trinajstić information content (AvgIpc) is 3.16. The Morgan fingerprint density at radius 3 is 2.83 bits per heavy atom. The number of aromatic nitrogens is 1. The molecule has 2 bridgehead atoms. The molecule has 3 saturated carbocycles. The van der Waals surface area contributed by atoms with Gasteiger partial charge in [0.15, 0.2) is 0 Å². The molecule has 6 nitrogen and oxygen atoms in total. The minimum Gasteiger partial charge on any atom is -0.477 e. The predicted octanol–water partition coefficient (Wildman–Crippen LogP) is 3.77. The highest BCUT2D eigenvalue weighted by Crippen LogP contribution is 2.74. The zero-order valence-electron chi connectivity index (χ0n) is 16.3. The first-order valence-corrected chi connectivity index (χ1v) is 9.94. The van der Waals surface area contributed by atoms with E-state index in [2.05, 4.69) is 35.2 Å². The monoisotopic (exact) mass is 386 g/mol. The second-order valence-electron chi connectivity index (χ2n) is 8.71. The molecule has 3 aliphatic carbocycles. The summed E-state index contributed by atoms with van der Waals surface area (Å²) in [6, 6.07) is 13.8. The van der Waals surface area contributed by atoms with Gasteiger partial charge in [0, 0.05) is 30.3 Å². The van der Waals surface area contributed by atoms with E-state index in [0.717, 1.165) is 31.2 Å². The molecule has 1 amide bonds. The van der Waals surface area contributed by atoms with Crippen LogP contribution in [0.15, 0.2) is 47.7 Å². The van der Waals surface area contributed by atoms with Gasteiger partial charge in [0.05, 0.1) is 23.6 Å². The summed E-state index contributed by atoms with van der Waals surface area (Å²) in [4.78, 5) is 17.4. The molecule has 2 aromatic rings. The average molecular weight is 386 g/mol. The molecule has 0 spiro atoms. The number of nitriles is 1. The van der Waals surface area contributed by atoms with Crippen LogP contribution in [0.25, 0.3) is 0 Å². The first-order valence-electron chi connectivity index (χ1n) is 9.94. The number of nitrogens with zero attached hydrogens (tertiary/aromatic N) is 4. The molecule has 1 aromatic heterocycles. The zero-order valence-corrected chi connectivity index (χ0v) is 16.3. The van der Waals surface area contributed by atoms with Gasteiger partial charge < -0.3 is 4.74 Å². The predicted molar refractivity (Wildman–Crippen MR) is 107 cm³/mol. The van der Waals surface area contributed by atoms with Crippen LogP contribution in [0, 0.1) is 29.1 Å². The summed E-state index contributed by atoms with van der Waals surface area (Å²) < 4.78 is 5.83. The minimum absolute atomic E-state index is 0.00599. The number of hydrogen-bond donors (Lipinski definition) is 0. The fourth-order valence-electron chi connectivity index (χ4n) is 5.14. The maximum atomic E-state index is 13.3. The molecule has 0 radical (unpaired) electrons. The number of pyridine rings is 1. The molecule has 2 heterocycles. The largest absolute Gasteiger partial charge is 0.477 e. The zero-order chi connectivity index (χ0) is 20.1. The Labute approximate surface area is 169 Å². The van der Waals surface area contributed by atoms with Crippen LogP contribution in [0.4, 0.5) is 0 Å². The van der Waals surface area contributed by atoms with E-state index in [1.54, 1.807) is 17.1 Å². The van der Waals surface area contributed by atoms with E-state index in [-0.39, 0.29) is 22.8 Å². The highest BCUT2D eigenvalue weighted by Gasteiger charge is 2.72. The lowest BCUT2D eigenvalue weighted by molar-refractivity contribution is -0.227. The molecular formula is C23H22N4O2. The van der Waals surface area contributed by atoms with Crippen molar-refractivity contribution >= 4 is 12.1 Å². The highest BCUT2D eigenvalue weighted by molar-refractivity contribution is 5.88. The second-order valence-corrected chi connectivity index (χ2v) is 8.71. The molecule has 3 fully saturated rings. The van der Waals surface area contributed by atoms with Crippen LogP contribution in [0.3, 0.4) is 0 Å². The maximum absolute atomic E-state index is 13.3. The summed E-state index contributed by atoms with van der Waals surface area (Å²) in [7, 11) is 0. The van der Waals surface area contributed by atoms with Crippen LogP contribution in [0.5, 0.6) is 5.88 Å². The number of ether oxygens (including phenoxy) is 1. The molecule has 1 unspecified atom stereocenters. The maximum Gasteiger partial charge on any atom is 0.249 e. The fraction of sp³-hybridized carbons (Fsp3) is 0.391. The summed E-state index contributed by atoms with van der Waals surface area (Å²) in [6.45, 7) is 2.63. The third kappa shape index (κ3) is 2.89. The first kappa shape index (κ1) is 17.9. The Hall–Kier alpha value is -3.20. The van der Waals surface area contributed by atoms with Crippen LogP contribution in [-0.4, -0.2) is 28.7 Å². The highest BCUT2D eigenvalue weighted by atomic mass is 16.5. The topological polar surface area (TPSA) is 78.6 Å². The standard InChI is InChI=1S/C23H22N4O2/c1-16-3-2-4-18(9-16)19-7-8-26-27(19)21(28)23-12-22(13-23,14-23)15-29-20-6-5-17(10-24)11-25-20/h2-6,8-9,11,19H,7,12-15H2,1H3. The van der Waals surface area contributed by atoms with Crippen molar-refractivity contribution in [3.05, 3.63) is 59.3 Å². The van der Waals surface area contributed by atoms with E-state index in [9.17, 15) is 4.79 Å². The van der Waals surface area contributed by atoms with Crippen LogP contribution in [0.1, 0.15) is 48.4 Å². The van der Waals surface area contributed by atoms with Gasteiger partial charge in [0.2, 0.25) is 11.8 Å². The lowest BCUT2D eigenvalue weighted by atomic mass is 9.35. The molecule has 6 heteroatoms. The fourth-order valence-corrected chi connectivity index (χ4v) is 5.14. The van der Waals surface area contributed by atoms with Crippen molar-refractivity contribution in [3.8, 4) is 11.9 Å². The van der Waals surface area contributed by atoms with Crippen LogP contribution >= 0.6 is 0 Å². The number of rotatable bonds is 5. The van der Waals surface area contributed by atoms with Crippen molar-refractivity contribution < 1.29 is 9.53 Å². The molecule has 4 aliphatic rings. The lowest BCUT2D eigenvalue weighted by Crippen LogP contribution is -2.69. The van der Waals surface area contributed by atoms with E-state index < -0.39 is 0 Å². The number of amides is 1. The summed E-state index contributed by atoms with van der Waals surface area (Å²) in [6.07, 6.45) is 6.68. The van der Waals surface area contributed by atoms with E-state index >= 15 is 0 Å². The van der Waals surface area contributed by atoms with Crippen molar-refractivity contribution in [2.75, 3.05) is 6.61 Å². The van der Waals surface area contributed by atoms with Crippen molar-refractivity contribution in [2.45, 2.75) is 38.6 Å². The lowest BCUT2D eigenvalue weighted by Gasteiger charge is -2.69. The van der Waals surface area contributed by atoms with Gasteiger partial charge in [0.25, 0.3) is 0 Å². The number of carbonyl (C=O) groups excluding carboxylic acids is 1. The van der Waals surface area contributed by atoms with Crippen molar-refractivity contribution in [2.24, 2.45) is 15.9 Å². The van der Waals surface area contributed by atoms with Gasteiger partial charge in [-0.2, -0.15) is 10.4 Å². The summed E-state index contributed by atoms with van der Waals surface area (Å²) in [5.41, 5.74) is 2.66. The summed E-state index contributed by atoms with van der Waals surface area (Å²) in [5.74, 6) is 0.675. The van der Waals surface area contributed by atoms with E-state index in [1.807, 2.05) is 18.4 Å². The van der Waals surface area contributed by atoms with Crippen molar-refractivity contribution in [1.29, 1.82) is 5.26 Å². The normalized spacial score (nSPS) is 29.0. The molecule has 146 valence electrons. The quantitative estimate of drug-likeness (QED) is 0.784. The van der Waals surface area contributed by atoms with Gasteiger partial charge in [-0.1, -0.05) is 29.8 Å². The Morgan fingerprint density at radius 2 is 2.14 bits per heavy atom. The van der Waals surface area contributed by atoms with Crippen molar-refractivity contribution in [3.63, 3.8) is 0 Å². The van der Waals surface area contributed by atoms with E-state index in [0.29, 0.717) is 18.1 Å². The van der Waals surface area contributed by atoms with Gasteiger partial charge >= 0.3 is 0 Å². The molecule has 1 atom stereocenters. The smallest absolute Gasteiger partial charge is 0.249 e. The number of hydrazone groups is 1.